The van der Waals surface area contributed by atoms with Gasteiger partial charge in [-0.3, -0.25) is 4.79 Å². The van der Waals surface area contributed by atoms with E-state index in [0.29, 0.717) is 19.8 Å². The van der Waals surface area contributed by atoms with Gasteiger partial charge in [0.15, 0.2) is 6.10 Å². The maximum atomic E-state index is 12.9. The average Bonchev–Trinajstić information content (AvgIpc) is 3.25. The summed E-state index contributed by atoms with van der Waals surface area (Å²) < 4.78 is 11.0. The largest absolute Gasteiger partial charge is 0.376 e. The van der Waals surface area contributed by atoms with Crippen LogP contribution in [-0.2, 0) is 20.7 Å². The van der Waals surface area contributed by atoms with Gasteiger partial charge in [0.1, 0.15) is 0 Å². The van der Waals surface area contributed by atoms with Gasteiger partial charge in [-0.25, -0.2) is 0 Å². The van der Waals surface area contributed by atoms with Crippen molar-refractivity contribution in [2.24, 2.45) is 0 Å². The molecule has 1 amide bonds. The lowest BCUT2D eigenvalue weighted by Crippen LogP contribution is -2.48. The van der Waals surface area contributed by atoms with Gasteiger partial charge in [-0.2, -0.15) is 0 Å². The topological polar surface area (TPSA) is 38.8 Å². The van der Waals surface area contributed by atoms with Crippen LogP contribution < -0.4 is 0 Å². The first kappa shape index (κ1) is 14.4. The summed E-state index contributed by atoms with van der Waals surface area (Å²) in [5.74, 6) is 0.0509. The minimum atomic E-state index is -0.462. The van der Waals surface area contributed by atoms with Crippen LogP contribution in [0, 0.1) is 0 Å². The third kappa shape index (κ3) is 2.50. The molecule has 6 heteroatoms. The molecule has 2 aromatic heterocycles. The zero-order valence-electron chi connectivity index (χ0n) is 12.1. The number of hydrogen-bond acceptors (Lipinski definition) is 5. The first-order valence-electron chi connectivity index (χ1n) is 7.44. The molecule has 1 fully saturated rings. The monoisotopic (exact) mass is 335 g/mol. The Morgan fingerprint density at radius 3 is 2.95 bits per heavy atom. The molecule has 0 spiro atoms. The van der Waals surface area contributed by atoms with Crippen LogP contribution in [0.1, 0.15) is 21.4 Å². The number of amides is 1. The highest BCUT2D eigenvalue weighted by atomic mass is 32.1. The number of fused-ring (bicyclic) bond motifs is 1. The van der Waals surface area contributed by atoms with Crippen LogP contribution in [0.15, 0.2) is 29.0 Å². The van der Waals surface area contributed by atoms with E-state index in [-0.39, 0.29) is 11.9 Å². The van der Waals surface area contributed by atoms with Crippen molar-refractivity contribution in [2.45, 2.75) is 18.6 Å². The summed E-state index contributed by atoms with van der Waals surface area (Å²) in [4.78, 5) is 17.5. The molecule has 0 bridgehead atoms. The van der Waals surface area contributed by atoms with Crippen LogP contribution in [0.4, 0.5) is 0 Å². The fourth-order valence-corrected chi connectivity index (χ4v) is 4.88. The summed E-state index contributed by atoms with van der Waals surface area (Å²) in [6.07, 6.45) is 0.463. The average molecular weight is 335 g/mol. The Morgan fingerprint density at radius 1 is 1.23 bits per heavy atom. The Bertz CT molecular complexity index is 646. The van der Waals surface area contributed by atoms with Gasteiger partial charge in [-0.05, 0) is 34.9 Å². The predicted molar refractivity (Wildman–Crippen MR) is 86.5 cm³/mol. The molecule has 4 nitrogen and oxygen atoms in total. The van der Waals surface area contributed by atoms with E-state index in [9.17, 15) is 4.79 Å². The van der Waals surface area contributed by atoms with Gasteiger partial charge in [0.05, 0.1) is 25.9 Å². The Labute approximate surface area is 137 Å². The van der Waals surface area contributed by atoms with Crippen LogP contribution >= 0.6 is 22.7 Å². The summed E-state index contributed by atoms with van der Waals surface area (Å²) in [5, 5.41) is 4.19. The van der Waals surface area contributed by atoms with Gasteiger partial charge in [0.25, 0.3) is 5.91 Å². The number of ether oxygens (including phenoxy) is 2. The van der Waals surface area contributed by atoms with Gasteiger partial charge < -0.3 is 14.4 Å². The SMILES string of the molecule is O=C([C@@H]1COCCO1)N1CCc2sccc2[C@@H]1c1cccs1. The second-order valence-corrected chi connectivity index (χ2v) is 7.41. The van der Waals surface area contributed by atoms with Crippen molar-refractivity contribution in [3.63, 3.8) is 0 Å². The van der Waals surface area contributed by atoms with E-state index in [1.807, 2.05) is 11.0 Å². The van der Waals surface area contributed by atoms with E-state index in [1.54, 1.807) is 22.7 Å². The van der Waals surface area contributed by atoms with Crippen molar-refractivity contribution < 1.29 is 14.3 Å². The molecular weight excluding hydrogens is 318 g/mol. The van der Waals surface area contributed by atoms with E-state index < -0.39 is 6.10 Å². The standard InChI is InChI=1S/C16H17NO3S2/c18-16(12-10-19-6-7-20-12)17-5-3-13-11(4-9-22-13)15(17)14-2-1-8-21-14/h1-2,4,8-9,12,15H,3,5-7,10H2/t12-,15+/m0/s1. The molecule has 0 N–H and O–H groups in total. The van der Waals surface area contributed by atoms with Crippen LogP contribution in [0.2, 0.25) is 0 Å². The predicted octanol–water partition coefficient (Wildman–Crippen LogP) is 2.70. The highest BCUT2D eigenvalue weighted by molar-refractivity contribution is 7.10. The molecule has 0 saturated carbocycles. The lowest BCUT2D eigenvalue weighted by atomic mass is 9.98. The number of hydrogen-bond donors (Lipinski definition) is 0. The molecule has 4 rings (SSSR count). The Kier molecular flexibility index (Phi) is 4.00. The maximum Gasteiger partial charge on any atom is 0.254 e. The van der Waals surface area contributed by atoms with Crippen molar-refractivity contribution in [1.29, 1.82) is 0 Å². The first-order chi connectivity index (χ1) is 10.8. The molecule has 0 aromatic carbocycles. The molecule has 116 valence electrons. The van der Waals surface area contributed by atoms with Crippen LogP contribution in [0.5, 0.6) is 0 Å². The highest BCUT2D eigenvalue weighted by Gasteiger charge is 2.37. The van der Waals surface area contributed by atoms with Gasteiger partial charge in [0.2, 0.25) is 0 Å². The number of thiophene rings is 2. The van der Waals surface area contributed by atoms with E-state index >= 15 is 0 Å². The molecule has 2 aliphatic heterocycles. The van der Waals surface area contributed by atoms with Gasteiger partial charge >= 0.3 is 0 Å². The molecule has 0 radical (unpaired) electrons. The molecule has 2 atom stereocenters. The number of nitrogens with zero attached hydrogens (tertiary/aromatic N) is 1. The van der Waals surface area contributed by atoms with E-state index in [0.717, 1.165) is 13.0 Å². The zero-order valence-corrected chi connectivity index (χ0v) is 13.7. The maximum absolute atomic E-state index is 12.9. The molecule has 1 saturated heterocycles. The molecule has 2 aromatic rings. The minimum absolute atomic E-state index is 0.0213. The summed E-state index contributed by atoms with van der Waals surface area (Å²) in [6, 6.07) is 6.33. The number of carbonyl (C=O) groups is 1. The summed E-state index contributed by atoms with van der Waals surface area (Å²) >= 11 is 3.49. The molecule has 0 unspecified atom stereocenters. The summed E-state index contributed by atoms with van der Waals surface area (Å²) in [6.45, 7) is 2.18. The molecular formula is C16H17NO3S2. The van der Waals surface area contributed by atoms with Crippen molar-refractivity contribution in [1.82, 2.24) is 4.90 Å². The third-order valence-electron chi connectivity index (χ3n) is 4.15. The van der Waals surface area contributed by atoms with Crippen molar-refractivity contribution in [3.8, 4) is 0 Å². The second-order valence-electron chi connectivity index (χ2n) is 5.43. The Balaban J connectivity index is 1.67. The van der Waals surface area contributed by atoms with Gasteiger partial charge in [0, 0.05) is 16.3 Å². The molecule has 22 heavy (non-hydrogen) atoms. The summed E-state index contributed by atoms with van der Waals surface area (Å²) in [7, 11) is 0. The summed E-state index contributed by atoms with van der Waals surface area (Å²) in [5.41, 5.74) is 1.27. The Hall–Kier alpha value is -1.21. The lowest BCUT2D eigenvalue weighted by molar-refractivity contribution is -0.159. The van der Waals surface area contributed by atoms with E-state index in [2.05, 4.69) is 22.9 Å². The van der Waals surface area contributed by atoms with Crippen molar-refractivity contribution in [3.05, 3.63) is 44.3 Å². The van der Waals surface area contributed by atoms with Crippen molar-refractivity contribution in [2.75, 3.05) is 26.4 Å². The van der Waals surface area contributed by atoms with Crippen molar-refractivity contribution >= 4 is 28.6 Å². The first-order valence-corrected chi connectivity index (χ1v) is 9.20. The van der Waals surface area contributed by atoms with Gasteiger partial charge in [-0.15, -0.1) is 22.7 Å². The zero-order chi connectivity index (χ0) is 14.9. The quantitative estimate of drug-likeness (QED) is 0.847. The van der Waals surface area contributed by atoms with Crippen LogP contribution in [0.25, 0.3) is 0 Å². The Morgan fingerprint density at radius 2 is 2.18 bits per heavy atom. The van der Waals surface area contributed by atoms with Crippen LogP contribution in [0.3, 0.4) is 0 Å². The second kappa shape index (κ2) is 6.12. The normalized spacial score (nSPS) is 25.0. The number of rotatable bonds is 2. The fraction of sp³-hybridized carbons (Fsp3) is 0.438. The smallest absolute Gasteiger partial charge is 0.254 e. The number of carbonyl (C=O) groups excluding carboxylic acids is 1. The molecule has 2 aliphatic rings. The van der Waals surface area contributed by atoms with Crippen LogP contribution in [-0.4, -0.2) is 43.3 Å². The molecule has 4 heterocycles. The lowest BCUT2D eigenvalue weighted by Gasteiger charge is -2.38. The third-order valence-corrected chi connectivity index (χ3v) is 6.07. The van der Waals surface area contributed by atoms with Gasteiger partial charge in [-0.1, -0.05) is 6.07 Å². The minimum Gasteiger partial charge on any atom is -0.376 e. The van der Waals surface area contributed by atoms with E-state index in [4.69, 9.17) is 9.47 Å². The van der Waals surface area contributed by atoms with E-state index in [1.165, 1.54) is 15.3 Å². The fourth-order valence-electron chi connectivity index (χ4n) is 3.12. The molecule has 0 aliphatic carbocycles. The highest BCUT2D eigenvalue weighted by Crippen LogP contribution is 2.39.